The van der Waals surface area contributed by atoms with Gasteiger partial charge in [-0.2, -0.15) is 0 Å². The number of hydrogen-bond donors (Lipinski definition) is 1. The first-order chi connectivity index (χ1) is 10.3. The Bertz CT molecular complexity index is 600. The second-order valence-electron chi connectivity index (χ2n) is 5.93. The molecule has 1 aliphatic heterocycles. The van der Waals surface area contributed by atoms with Crippen LogP contribution >= 0.6 is 0 Å². The van der Waals surface area contributed by atoms with Gasteiger partial charge in [0, 0.05) is 25.7 Å². The Hall–Kier alpha value is -1.03. The number of nitrogens with two attached hydrogens (primary N) is 1. The zero-order valence-electron chi connectivity index (χ0n) is 13.6. The minimum Gasteiger partial charge on any atom is -0.314 e. The van der Waals surface area contributed by atoms with E-state index in [9.17, 15) is 8.42 Å². The fraction of sp³-hybridized carbons (Fsp3) is 0.846. The Kier molecular flexibility index (Phi) is 5.54. The zero-order chi connectivity index (χ0) is 16.3. The van der Waals surface area contributed by atoms with Crippen LogP contribution in [-0.2, 0) is 23.1 Å². The van der Waals surface area contributed by atoms with Crippen LogP contribution in [0.2, 0.25) is 0 Å². The predicted octanol–water partition coefficient (Wildman–Crippen LogP) is -0.599. The van der Waals surface area contributed by atoms with E-state index in [1.54, 1.807) is 0 Å². The van der Waals surface area contributed by atoms with E-state index in [1.165, 1.54) is 0 Å². The van der Waals surface area contributed by atoms with Crippen molar-refractivity contribution in [1.82, 2.24) is 24.6 Å². The molecule has 2 heterocycles. The van der Waals surface area contributed by atoms with Gasteiger partial charge in [-0.1, -0.05) is 0 Å². The second kappa shape index (κ2) is 7.03. The van der Waals surface area contributed by atoms with Crippen LogP contribution in [0.1, 0.15) is 25.0 Å². The van der Waals surface area contributed by atoms with Gasteiger partial charge < -0.3 is 9.47 Å². The largest absolute Gasteiger partial charge is 0.314 e. The van der Waals surface area contributed by atoms with Crippen molar-refractivity contribution in [3.63, 3.8) is 0 Å². The zero-order valence-corrected chi connectivity index (χ0v) is 14.4. The summed E-state index contributed by atoms with van der Waals surface area (Å²) >= 11 is 0. The van der Waals surface area contributed by atoms with Crippen LogP contribution in [0.3, 0.4) is 0 Å². The van der Waals surface area contributed by atoms with Crippen LogP contribution in [0.4, 0.5) is 0 Å². The maximum Gasteiger partial charge on any atom is 0.210 e. The number of aromatic nitrogens is 3. The van der Waals surface area contributed by atoms with Crippen molar-refractivity contribution < 1.29 is 8.42 Å². The minimum absolute atomic E-state index is 0.0206. The van der Waals surface area contributed by atoms with Crippen LogP contribution in [0.5, 0.6) is 0 Å². The highest BCUT2D eigenvalue weighted by Gasteiger charge is 2.27. The topological polar surface area (TPSA) is 97.3 Å². The molecule has 1 fully saturated rings. The molecule has 126 valence electrons. The molecular weight excluding hydrogens is 304 g/mol. The van der Waals surface area contributed by atoms with Crippen LogP contribution in [0.15, 0.2) is 0 Å². The molecule has 0 unspecified atom stereocenters. The van der Waals surface area contributed by atoms with Gasteiger partial charge in [-0.25, -0.2) is 13.6 Å². The van der Waals surface area contributed by atoms with E-state index in [4.69, 9.17) is 5.14 Å². The maximum atomic E-state index is 11.0. The lowest BCUT2D eigenvalue weighted by atomic mass is 10.2. The molecule has 0 radical (unpaired) electrons. The highest BCUT2D eigenvalue weighted by atomic mass is 32.2. The molecule has 0 saturated carbocycles. The van der Waals surface area contributed by atoms with Crippen LogP contribution in [-0.4, -0.2) is 71.5 Å². The van der Waals surface area contributed by atoms with Crippen molar-refractivity contribution in [2.45, 2.75) is 39.4 Å². The lowest BCUT2D eigenvalue weighted by Gasteiger charge is -2.24. The molecule has 0 aliphatic carbocycles. The Morgan fingerprint density at radius 1 is 1.41 bits per heavy atom. The number of primary sulfonamides is 1. The van der Waals surface area contributed by atoms with E-state index in [0.29, 0.717) is 12.6 Å². The Morgan fingerprint density at radius 3 is 2.77 bits per heavy atom. The monoisotopic (exact) mass is 330 g/mol. The van der Waals surface area contributed by atoms with E-state index in [1.807, 2.05) is 6.92 Å². The van der Waals surface area contributed by atoms with Gasteiger partial charge in [-0.3, -0.25) is 4.90 Å². The molecule has 2 N–H and O–H groups in total. The van der Waals surface area contributed by atoms with Gasteiger partial charge in [0.25, 0.3) is 0 Å². The molecule has 1 aromatic rings. The van der Waals surface area contributed by atoms with E-state index in [-0.39, 0.29) is 5.75 Å². The second-order valence-corrected chi connectivity index (χ2v) is 7.67. The normalized spacial score (nSPS) is 20.1. The quantitative estimate of drug-likeness (QED) is 0.717. The average Bonchev–Trinajstić information content (AvgIpc) is 3.03. The third-order valence-corrected chi connectivity index (χ3v) is 5.03. The summed E-state index contributed by atoms with van der Waals surface area (Å²) in [6, 6.07) is 0.405. The van der Waals surface area contributed by atoms with E-state index < -0.39 is 10.0 Å². The molecule has 1 aromatic heterocycles. The van der Waals surface area contributed by atoms with Crippen molar-refractivity contribution in [2.24, 2.45) is 5.14 Å². The summed E-state index contributed by atoms with van der Waals surface area (Å²) in [5.74, 6) is 1.94. The van der Waals surface area contributed by atoms with Crippen LogP contribution in [0.25, 0.3) is 0 Å². The van der Waals surface area contributed by atoms with Crippen LogP contribution in [0, 0.1) is 6.92 Å². The van der Waals surface area contributed by atoms with Gasteiger partial charge in [0.05, 0.1) is 12.3 Å². The van der Waals surface area contributed by atoms with Crippen LogP contribution < -0.4 is 5.14 Å². The third-order valence-electron chi connectivity index (χ3n) is 4.28. The van der Waals surface area contributed by atoms with Crippen molar-refractivity contribution in [3.05, 3.63) is 11.6 Å². The smallest absolute Gasteiger partial charge is 0.210 e. The first kappa shape index (κ1) is 17.3. The van der Waals surface area contributed by atoms with Crippen molar-refractivity contribution >= 4 is 10.0 Å². The SMILES string of the molecule is CCn1c(C)nnc1CN(C)[C@@H]1CCN(CCS(N)(=O)=O)C1. The molecule has 0 bridgehead atoms. The first-order valence-corrected chi connectivity index (χ1v) is 9.33. The lowest BCUT2D eigenvalue weighted by molar-refractivity contribution is 0.220. The average molecular weight is 330 g/mol. The molecule has 0 aromatic carbocycles. The Balaban J connectivity index is 1.87. The predicted molar refractivity (Wildman–Crippen MR) is 84.7 cm³/mol. The molecular formula is C13H26N6O2S. The third kappa shape index (κ3) is 4.48. The Morgan fingerprint density at radius 2 is 2.14 bits per heavy atom. The van der Waals surface area contributed by atoms with Gasteiger partial charge in [0.2, 0.25) is 10.0 Å². The molecule has 0 amide bonds. The lowest BCUT2D eigenvalue weighted by Crippen LogP contribution is -2.36. The highest BCUT2D eigenvalue weighted by Crippen LogP contribution is 2.16. The number of nitrogens with zero attached hydrogens (tertiary/aromatic N) is 5. The van der Waals surface area contributed by atoms with Gasteiger partial charge in [-0.05, 0) is 33.9 Å². The number of aryl methyl sites for hydroxylation is 1. The minimum atomic E-state index is -3.38. The molecule has 8 nitrogen and oxygen atoms in total. The van der Waals surface area contributed by atoms with Gasteiger partial charge in [0.1, 0.15) is 11.6 Å². The summed E-state index contributed by atoms with van der Waals surface area (Å²) < 4.78 is 24.2. The first-order valence-electron chi connectivity index (χ1n) is 7.62. The standard InChI is InChI=1S/C13H26N6O2S/c1-4-19-11(2)15-16-13(19)10-17(3)12-5-6-18(9-12)7-8-22(14,20)21/h12H,4-10H2,1-3H3,(H2,14,20,21)/t12-/m1/s1. The molecule has 1 atom stereocenters. The number of sulfonamides is 1. The number of likely N-dealkylation sites (tertiary alicyclic amines) is 1. The van der Waals surface area contributed by atoms with E-state index >= 15 is 0 Å². The summed E-state index contributed by atoms with van der Waals surface area (Å²) in [5.41, 5.74) is 0. The summed E-state index contributed by atoms with van der Waals surface area (Å²) in [6.07, 6.45) is 1.03. The molecule has 1 aliphatic rings. The molecule has 9 heteroatoms. The van der Waals surface area contributed by atoms with Crippen molar-refractivity contribution in [2.75, 3.05) is 32.4 Å². The Labute approximate surface area is 132 Å². The van der Waals surface area contributed by atoms with E-state index in [0.717, 1.165) is 44.2 Å². The fourth-order valence-electron chi connectivity index (χ4n) is 2.94. The summed E-state index contributed by atoms with van der Waals surface area (Å²) in [6.45, 7) is 7.95. The molecule has 0 spiro atoms. The number of hydrogen-bond acceptors (Lipinski definition) is 6. The molecule has 2 rings (SSSR count). The fourth-order valence-corrected chi connectivity index (χ4v) is 3.45. The summed E-state index contributed by atoms with van der Waals surface area (Å²) in [4.78, 5) is 4.42. The van der Waals surface area contributed by atoms with Crippen molar-refractivity contribution in [1.29, 1.82) is 0 Å². The summed E-state index contributed by atoms with van der Waals surface area (Å²) in [7, 11) is -1.30. The maximum absolute atomic E-state index is 11.0. The summed E-state index contributed by atoms with van der Waals surface area (Å²) in [5, 5.41) is 13.4. The number of likely N-dealkylation sites (N-methyl/N-ethyl adjacent to an activating group) is 1. The van der Waals surface area contributed by atoms with E-state index in [2.05, 4.69) is 38.5 Å². The molecule has 22 heavy (non-hydrogen) atoms. The number of rotatable bonds is 7. The van der Waals surface area contributed by atoms with Gasteiger partial charge in [0.15, 0.2) is 0 Å². The van der Waals surface area contributed by atoms with Gasteiger partial charge in [-0.15, -0.1) is 10.2 Å². The van der Waals surface area contributed by atoms with Crippen molar-refractivity contribution in [3.8, 4) is 0 Å². The molecule has 1 saturated heterocycles. The van der Waals surface area contributed by atoms with Gasteiger partial charge >= 0.3 is 0 Å². The highest BCUT2D eigenvalue weighted by molar-refractivity contribution is 7.89.